The maximum atomic E-state index is 13.4. The molecule has 0 aromatic heterocycles. The Morgan fingerprint density at radius 3 is 2.26 bits per heavy atom. The van der Waals surface area contributed by atoms with Crippen LogP contribution in [0.3, 0.4) is 0 Å². The molecule has 0 radical (unpaired) electrons. The fourth-order valence-electron chi connectivity index (χ4n) is 3.77. The van der Waals surface area contributed by atoms with Crippen molar-refractivity contribution < 1.29 is 26.8 Å². The van der Waals surface area contributed by atoms with E-state index in [-0.39, 0.29) is 23.4 Å². The van der Waals surface area contributed by atoms with Gasteiger partial charge in [-0.1, -0.05) is 18.9 Å². The normalized spacial score (nSPS) is 15.5. The number of nitrogens with one attached hydrogen (secondary N) is 2. The van der Waals surface area contributed by atoms with Crippen LogP contribution in [0, 0.1) is 25.5 Å². The van der Waals surface area contributed by atoms with Crippen LogP contribution in [0.4, 0.5) is 14.5 Å². The molecule has 31 heavy (non-hydrogen) atoms. The average molecular weight is 451 g/mol. The van der Waals surface area contributed by atoms with Gasteiger partial charge in [-0.05, 0) is 62.1 Å². The van der Waals surface area contributed by atoms with E-state index in [9.17, 15) is 26.8 Å². The van der Waals surface area contributed by atoms with Crippen LogP contribution in [-0.2, 0) is 19.4 Å². The molecular weight excluding hydrogens is 426 g/mol. The van der Waals surface area contributed by atoms with Gasteiger partial charge in [0.25, 0.3) is 0 Å². The van der Waals surface area contributed by atoms with Crippen molar-refractivity contribution in [2.75, 3.05) is 11.9 Å². The first-order valence-electron chi connectivity index (χ1n) is 9.92. The van der Waals surface area contributed by atoms with E-state index in [2.05, 4.69) is 10.6 Å². The lowest BCUT2D eigenvalue weighted by Crippen LogP contribution is -2.52. The van der Waals surface area contributed by atoms with Gasteiger partial charge in [-0.2, -0.15) is 0 Å². The fraction of sp³-hybridized carbons (Fsp3) is 0.364. The summed E-state index contributed by atoms with van der Waals surface area (Å²) < 4.78 is 51.5. The Balaban J connectivity index is 1.76. The minimum Gasteiger partial charge on any atom is -0.346 e. The summed E-state index contributed by atoms with van der Waals surface area (Å²) in [7, 11) is -3.99. The van der Waals surface area contributed by atoms with Crippen LogP contribution in [0.1, 0.15) is 36.8 Å². The zero-order valence-electron chi connectivity index (χ0n) is 17.3. The zero-order valence-corrected chi connectivity index (χ0v) is 18.1. The van der Waals surface area contributed by atoms with E-state index < -0.39 is 44.6 Å². The van der Waals surface area contributed by atoms with E-state index in [0.29, 0.717) is 12.8 Å². The SMILES string of the molecule is Cc1ccc(S(=O)(=O)C2(C(=O)NCC(=O)Nc3ccc(F)c(F)c3)CCCC2)cc1C. The molecule has 1 aliphatic carbocycles. The van der Waals surface area contributed by atoms with E-state index in [4.69, 9.17) is 0 Å². The first-order valence-corrected chi connectivity index (χ1v) is 11.4. The number of carbonyl (C=O) groups excluding carboxylic acids is 2. The number of aryl methyl sites for hydroxylation is 2. The van der Waals surface area contributed by atoms with E-state index in [1.54, 1.807) is 19.1 Å². The second kappa shape index (κ2) is 8.74. The summed E-state index contributed by atoms with van der Waals surface area (Å²) >= 11 is 0. The third-order valence-electron chi connectivity index (χ3n) is 5.74. The van der Waals surface area contributed by atoms with Gasteiger partial charge in [-0.15, -0.1) is 0 Å². The number of halogens is 2. The molecule has 2 aromatic rings. The first-order chi connectivity index (χ1) is 14.6. The monoisotopic (exact) mass is 450 g/mol. The van der Waals surface area contributed by atoms with Crippen molar-refractivity contribution in [2.24, 2.45) is 0 Å². The van der Waals surface area contributed by atoms with Crippen molar-refractivity contribution >= 4 is 27.3 Å². The lowest BCUT2D eigenvalue weighted by Gasteiger charge is -2.28. The van der Waals surface area contributed by atoms with Crippen LogP contribution in [0.25, 0.3) is 0 Å². The number of benzene rings is 2. The van der Waals surface area contributed by atoms with Gasteiger partial charge in [0, 0.05) is 11.8 Å². The highest BCUT2D eigenvalue weighted by molar-refractivity contribution is 7.93. The Labute approximate surface area is 180 Å². The number of hydrogen-bond acceptors (Lipinski definition) is 4. The molecule has 0 spiro atoms. The molecule has 2 N–H and O–H groups in total. The summed E-state index contributed by atoms with van der Waals surface area (Å²) in [5.41, 5.74) is 1.77. The maximum Gasteiger partial charge on any atom is 0.243 e. The van der Waals surface area contributed by atoms with Gasteiger partial charge in [-0.25, -0.2) is 17.2 Å². The highest BCUT2D eigenvalue weighted by Gasteiger charge is 2.52. The highest BCUT2D eigenvalue weighted by atomic mass is 32.2. The minimum absolute atomic E-state index is 0.0245. The van der Waals surface area contributed by atoms with Crippen molar-refractivity contribution in [3.8, 4) is 0 Å². The van der Waals surface area contributed by atoms with Crippen LogP contribution in [0.5, 0.6) is 0 Å². The Kier molecular flexibility index (Phi) is 6.45. The first kappa shape index (κ1) is 22.9. The summed E-state index contributed by atoms with van der Waals surface area (Å²) in [6, 6.07) is 7.64. The molecule has 1 saturated carbocycles. The van der Waals surface area contributed by atoms with Gasteiger partial charge >= 0.3 is 0 Å². The van der Waals surface area contributed by atoms with E-state index >= 15 is 0 Å². The summed E-state index contributed by atoms with van der Waals surface area (Å²) in [6.07, 6.45) is 1.49. The van der Waals surface area contributed by atoms with Crippen LogP contribution in [0.15, 0.2) is 41.3 Å². The van der Waals surface area contributed by atoms with Crippen molar-refractivity contribution in [3.63, 3.8) is 0 Å². The molecule has 9 heteroatoms. The Bertz CT molecular complexity index is 1130. The number of hydrogen-bond donors (Lipinski definition) is 2. The van der Waals surface area contributed by atoms with Crippen molar-refractivity contribution in [1.29, 1.82) is 0 Å². The third-order valence-corrected chi connectivity index (χ3v) is 8.24. The Morgan fingerprint density at radius 1 is 0.968 bits per heavy atom. The van der Waals surface area contributed by atoms with Gasteiger partial charge in [0.05, 0.1) is 11.4 Å². The van der Waals surface area contributed by atoms with Gasteiger partial charge < -0.3 is 10.6 Å². The van der Waals surface area contributed by atoms with Gasteiger partial charge in [0.1, 0.15) is 0 Å². The number of rotatable bonds is 6. The molecule has 1 aliphatic rings. The van der Waals surface area contributed by atoms with Gasteiger partial charge in [0.15, 0.2) is 26.2 Å². The Morgan fingerprint density at radius 2 is 1.65 bits per heavy atom. The highest BCUT2D eigenvalue weighted by Crippen LogP contribution is 2.41. The molecule has 0 bridgehead atoms. The summed E-state index contributed by atoms with van der Waals surface area (Å²) in [6.45, 7) is 3.18. The van der Waals surface area contributed by atoms with E-state index in [1.165, 1.54) is 12.1 Å². The van der Waals surface area contributed by atoms with Gasteiger partial charge in [0.2, 0.25) is 11.8 Å². The smallest absolute Gasteiger partial charge is 0.243 e. The lowest BCUT2D eigenvalue weighted by molar-refractivity contribution is -0.126. The van der Waals surface area contributed by atoms with Gasteiger partial charge in [-0.3, -0.25) is 9.59 Å². The molecule has 0 atom stereocenters. The molecule has 0 saturated heterocycles. The average Bonchev–Trinajstić information content (AvgIpc) is 3.23. The number of amides is 2. The standard InChI is InChI=1S/C22H24F2N2O4S/c1-14-5-7-17(11-15(14)2)31(29,30)22(9-3-4-10-22)21(28)25-13-20(27)26-16-6-8-18(23)19(24)12-16/h5-8,11-12H,3-4,9-10,13H2,1-2H3,(H,25,28)(H,26,27). The predicted octanol–water partition coefficient (Wildman–Crippen LogP) is 3.42. The fourth-order valence-corrected chi connectivity index (χ4v) is 5.94. The molecule has 0 unspecified atom stereocenters. The summed E-state index contributed by atoms with van der Waals surface area (Å²) in [5.74, 6) is -3.59. The largest absolute Gasteiger partial charge is 0.346 e. The summed E-state index contributed by atoms with van der Waals surface area (Å²) in [4.78, 5) is 25.2. The lowest BCUT2D eigenvalue weighted by atomic mass is 10.1. The molecule has 3 rings (SSSR count). The van der Waals surface area contributed by atoms with Crippen LogP contribution < -0.4 is 10.6 Å². The number of carbonyl (C=O) groups is 2. The minimum atomic E-state index is -3.99. The molecule has 6 nitrogen and oxygen atoms in total. The molecule has 1 fully saturated rings. The number of anilines is 1. The van der Waals surface area contributed by atoms with Crippen molar-refractivity contribution in [3.05, 3.63) is 59.2 Å². The summed E-state index contributed by atoms with van der Waals surface area (Å²) in [5, 5.41) is 4.76. The van der Waals surface area contributed by atoms with Crippen LogP contribution in [0.2, 0.25) is 0 Å². The van der Waals surface area contributed by atoms with Crippen molar-refractivity contribution in [1.82, 2.24) is 5.32 Å². The maximum absolute atomic E-state index is 13.4. The number of sulfone groups is 1. The molecular formula is C22H24F2N2O4S. The molecule has 2 aromatic carbocycles. The molecule has 0 aliphatic heterocycles. The molecule has 166 valence electrons. The van der Waals surface area contributed by atoms with E-state index in [0.717, 1.165) is 23.3 Å². The second-order valence-electron chi connectivity index (χ2n) is 7.81. The quantitative estimate of drug-likeness (QED) is 0.705. The van der Waals surface area contributed by atoms with Crippen LogP contribution >= 0.6 is 0 Å². The topological polar surface area (TPSA) is 92.3 Å². The zero-order chi connectivity index (χ0) is 22.8. The van der Waals surface area contributed by atoms with Crippen LogP contribution in [-0.4, -0.2) is 31.5 Å². The predicted molar refractivity (Wildman–Crippen MR) is 112 cm³/mol. The molecule has 2 amide bonds. The van der Waals surface area contributed by atoms with Crippen molar-refractivity contribution in [2.45, 2.75) is 49.2 Å². The van der Waals surface area contributed by atoms with E-state index in [1.807, 2.05) is 6.92 Å². The molecule has 0 heterocycles. The third kappa shape index (κ3) is 4.46. The second-order valence-corrected chi connectivity index (χ2v) is 10.1. The Hall–Kier alpha value is -2.81.